The Bertz CT molecular complexity index is 532. The first-order valence-corrected chi connectivity index (χ1v) is 5.64. The number of hydrogen-bond donors (Lipinski definition) is 0. The highest BCUT2D eigenvalue weighted by Crippen LogP contribution is 2.05. The van der Waals surface area contributed by atoms with E-state index in [2.05, 4.69) is 11.7 Å². The molecule has 2 rings (SSSR count). The van der Waals surface area contributed by atoms with E-state index in [4.69, 9.17) is 4.74 Å². The van der Waals surface area contributed by atoms with Gasteiger partial charge in [0.05, 0.1) is 18.3 Å². The predicted molar refractivity (Wildman–Crippen MR) is 68.3 cm³/mol. The normalized spacial score (nSPS) is 10.0. The number of carbonyl (C=O) groups is 1. The van der Waals surface area contributed by atoms with Gasteiger partial charge in [0.15, 0.2) is 0 Å². The lowest BCUT2D eigenvalue weighted by Gasteiger charge is -2.01. The summed E-state index contributed by atoms with van der Waals surface area (Å²) >= 11 is 0. The second-order valence-electron chi connectivity index (χ2n) is 3.80. The summed E-state index contributed by atoms with van der Waals surface area (Å²) in [5, 5.41) is 4.13. The Morgan fingerprint density at radius 3 is 2.89 bits per heavy atom. The van der Waals surface area contributed by atoms with E-state index in [0.29, 0.717) is 12.1 Å². The fourth-order valence-corrected chi connectivity index (χ4v) is 1.54. The Hall–Kier alpha value is -2.36. The number of benzene rings is 1. The fraction of sp³-hybridized carbons (Fsp3) is 0.143. The number of rotatable bonds is 5. The first kappa shape index (κ1) is 12.1. The average Bonchev–Trinajstić information content (AvgIpc) is 2.86. The minimum absolute atomic E-state index is 0.211. The third-order valence-corrected chi connectivity index (χ3v) is 2.39. The fourth-order valence-electron chi connectivity index (χ4n) is 1.54. The van der Waals surface area contributed by atoms with Gasteiger partial charge in [-0.1, -0.05) is 43.0 Å². The average molecular weight is 242 g/mol. The first-order chi connectivity index (χ1) is 8.79. The van der Waals surface area contributed by atoms with Gasteiger partial charge in [-0.2, -0.15) is 5.10 Å². The number of ether oxygens (including phenoxy) is 1. The predicted octanol–water partition coefficient (Wildman–Crippen LogP) is 2.27. The molecular weight excluding hydrogens is 228 g/mol. The van der Waals surface area contributed by atoms with Gasteiger partial charge in [0.1, 0.15) is 6.61 Å². The Balaban J connectivity index is 2.02. The first-order valence-electron chi connectivity index (χ1n) is 5.64. The third kappa shape index (κ3) is 3.07. The summed E-state index contributed by atoms with van der Waals surface area (Å²) in [5.41, 5.74) is 1.58. The monoisotopic (exact) mass is 242 g/mol. The zero-order valence-electron chi connectivity index (χ0n) is 9.95. The van der Waals surface area contributed by atoms with E-state index in [9.17, 15) is 4.79 Å². The van der Waals surface area contributed by atoms with Crippen molar-refractivity contribution in [1.29, 1.82) is 0 Å². The maximum atomic E-state index is 11.5. The maximum Gasteiger partial charge on any atom is 0.341 e. The zero-order valence-corrected chi connectivity index (χ0v) is 9.95. The van der Waals surface area contributed by atoms with E-state index in [0.717, 1.165) is 5.56 Å². The number of hydrogen-bond acceptors (Lipinski definition) is 3. The van der Waals surface area contributed by atoms with Gasteiger partial charge < -0.3 is 4.74 Å². The number of nitrogens with zero attached hydrogens (tertiary/aromatic N) is 2. The topological polar surface area (TPSA) is 44.1 Å². The molecule has 0 unspecified atom stereocenters. The third-order valence-electron chi connectivity index (χ3n) is 2.39. The molecule has 0 N–H and O–H groups in total. The summed E-state index contributed by atoms with van der Waals surface area (Å²) in [5.74, 6) is -0.380. The van der Waals surface area contributed by atoms with Crippen LogP contribution in [0.2, 0.25) is 0 Å². The van der Waals surface area contributed by atoms with E-state index >= 15 is 0 Å². The number of carbonyl (C=O) groups excluding carboxylic acids is 1. The maximum absolute atomic E-state index is 11.5. The van der Waals surface area contributed by atoms with Gasteiger partial charge >= 0.3 is 5.97 Å². The molecule has 1 aromatic carbocycles. The van der Waals surface area contributed by atoms with Crippen LogP contribution in [-0.2, 0) is 11.3 Å². The molecule has 0 bridgehead atoms. The highest BCUT2D eigenvalue weighted by molar-refractivity contribution is 5.88. The Morgan fingerprint density at radius 2 is 2.17 bits per heavy atom. The van der Waals surface area contributed by atoms with Gasteiger partial charge in [-0.05, 0) is 5.56 Å². The van der Waals surface area contributed by atoms with Gasteiger partial charge in [-0.15, -0.1) is 0 Å². The van der Waals surface area contributed by atoms with Gasteiger partial charge in [-0.25, -0.2) is 4.79 Å². The molecule has 0 aliphatic carbocycles. The standard InChI is InChI=1S/C14H14N2O2/c1-2-8-18-14(17)13-9-15-16(11-13)10-12-6-4-3-5-7-12/h2-7,9,11H,1,8,10H2. The van der Waals surface area contributed by atoms with Gasteiger partial charge in [-0.3, -0.25) is 4.68 Å². The quantitative estimate of drug-likeness (QED) is 0.596. The molecule has 1 heterocycles. The second-order valence-corrected chi connectivity index (χ2v) is 3.80. The van der Waals surface area contributed by atoms with Crippen molar-refractivity contribution in [3.8, 4) is 0 Å². The van der Waals surface area contributed by atoms with E-state index in [1.54, 1.807) is 10.9 Å². The Labute approximate surface area is 106 Å². The Kier molecular flexibility index (Phi) is 3.91. The highest BCUT2D eigenvalue weighted by atomic mass is 16.5. The van der Waals surface area contributed by atoms with Crippen molar-refractivity contribution in [2.75, 3.05) is 6.61 Å². The van der Waals surface area contributed by atoms with Crippen LogP contribution in [0.4, 0.5) is 0 Å². The molecule has 92 valence electrons. The lowest BCUT2D eigenvalue weighted by atomic mass is 10.2. The summed E-state index contributed by atoms with van der Waals surface area (Å²) in [6.45, 7) is 4.33. The van der Waals surface area contributed by atoms with Crippen molar-refractivity contribution in [3.05, 3.63) is 66.5 Å². The molecule has 0 radical (unpaired) electrons. The molecule has 0 aliphatic rings. The zero-order chi connectivity index (χ0) is 12.8. The van der Waals surface area contributed by atoms with Crippen molar-refractivity contribution in [3.63, 3.8) is 0 Å². The molecule has 0 amide bonds. The van der Waals surface area contributed by atoms with Crippen LogP contribution in [0.5, 0.6) is 0 Å². The summed E-state index contributed by atoms with van der Waals surface area (Å²) in [4.78, 5) is 11.5. The van der Waals surface area contributed by atoms with Gasteiger partial charge in [0.2, 0.25) is 0 Å². The highest BCUT2D eigenvalue weighted by Gasteiger charge is 2.09. The SMILES string of the molecule is C=CCOC(=O)c1cnn(Cc2ccccc2)c1. The largest absolute Gasteiger partial charge is 0.458 e. The van der Waals surface area contributed by atoms with Gasteiger partial charge in [0, 0.05) is 6.20 Å². The molecule has 1 aromatic heterocycles. The lowest BCUT2D eigenvalue weighted by Crippen LogP contribution is -2.04. The van der Waals surface area contributed by atoms with Gasteiger partial charge in [0.25, 0.3) is 0 Å². The summed E-state index contributed by atoms with van der Waals surface area (Å²) in [6, 6.07) is 9.93. The molecule has 4 nitrogen and oxygen atoms in total. The molecule has 2 aromatic rings. The van der Waals surface area contributed by atoms with Crippen molar-refractivity contribution < 1.29 is 9.53 Å². The number of esters is 1. The van der Waals surface area contributed by atoms with Crippen molar-refractivity contribution in [2.45, 2.75) is 6.54 Å². The smallest absolute Gasteiger partial charge is 0.341 e. The molecular formula is C14H14N2O2. The minimum Gasteiger partial charge on any atom is -0.458 e. The van der Waals surface area contributed by atoms with E-state index in [1.165, 1.54) is 12.3 Å². The van der Waals surface area contributed by atoms with E-state index in [1.807, 2.05) is 30.3 Å². The van der Waals surface area contributed by atoms with Crippen molar-refractivity contribution in [1.82, 2.24) is 9.78 Å². The molecule has 0 saturated carbocycles. The molecule has 0 spiro atoms. The molecule has 18 heavy (non-hydrogen) atoms. The van der Waals surface area contributed by atoms with Crippen LogP contribution in [-0.4, -0.2) is 22.4 Å². The van der Waals surface area contributed by atoms with Crippen LogP contribution in [0.1, 0.15) is 15.9 Å². The summed E-state index contributed by atoms with van der Waals surface area (Å²) in [7, 11) is 0. The lowest BCUT2D eigenvalue weighted by molar-refractivity contribution is 0.0549. The van der Waals surface area contributed by atoms with Crippen molar-refractivity contribution in [2.24, 2.45) is 0 Å². The molecule has 0 atom stereocenters. The van der Waals surface area contributed by atoms with Crippen LogP contribution < -0.4 is 0 Å². The van der Waals surface area contributed by atoms with Crippen LogP contribution >= 0.6 is 0 Å². The van der Waals surface area contributed by atoms with E-state index in [-0.39, 0.29) is 12.6 Å². The minimum atomic E-state index is -0.380. The molecule has 0 saturated heterocycles. The summed E-state index contributed by atoms with van der Waals surface area (Å²) < 4.78 is 6.64. The van der Waals surface area contributed by atoms with Crippen LogP contribution in [0.15, 0.2) is 55.4 Å². The van der Waals surface area contributed by atoms with Crippen LogP contribution in [0.3, 0.4) is 0 Å². The second kappa shape index (κ2) is 5.82. The molecule has 4 heteroatoms. The number of aromatic nitrogens is 2. The van der Waals surface area contributed by atoms with Crippen molar-refractivity contribution >= 4 is 5.97 Å². The summed E-state index contributed by atoms with van der Waals surface area (Å²) in [6.07, 6.45) is 4.72. The Morgan fingerprint density at radius 1 is 1.39 bits per heavy atom. The van der Waals surface area contributed by atoms with Crippen LogP contribution in [0.25, 0.3) is 0 Å². The molecule has 0 aliphatic heterocycles. The van der Waals surface area contributed by atoms with Crippen LogP contribution in [0, 0.1) is 0 Å². The molecule has 0 fully saturated rings. The van der Waals surface area contributed by atoms with E-state index < -0.39 is 0 Å².